The first-order chi connectivity index (χ1) is 6.81. The van der Waals surface area contributed by atoms with Crippen molar-refractivity contribution < 1.29 is 0 Å². The quantitative estimate of drug-likeness (QED) is 0.841. The molecule has 2 N–H and O–H groups in total. The van der Waals surface area contributed by atoms with Gasteiger partial charge in [0.15, 0.2) is 0 Å². The number of aryl methyl sites for hydroxylation is 1. The molecule has 2 aromatic rings. The van der Waals surface area contributed by atoms with Crippen LogP contribution in [0.5, 0.6) is 0 Å². The van der Waals surface area contributed by atoms with E-state index >= 15 is 0 Å². The first-order valence-electron chi connectivity index (χ1n) is 4.81. The highest BCUT2D eigenvalue weighted by molar-refractivity contribution is 7.16. The fourth-order valence-corrected chi connectivity index (χ4v) is 2.16. The molecule has 2 rings (SSSR count). The average molecular weight is 207 g/mol. The first kappa shape index (κ1) is 9.40. The molecule has 2 aromatic heterocycles. The van der Waals surface area contributed by atoms with Crippen molar-refractivity contribution >= 4 is 27.4 Å². The van der Waals surface area contributed by atoms with Crippen LogP contribution in [0.4, 0.5) is 5.82 Å². The lowest BCUT2D eigenvalue weighted by Crippen LogP contribution is -1.99. The van der Waals surface area contributed by atoms with Gasteiger partial charge in [0.1, 0.15) is 16.5 Å². The summed E-state index contributed by atoms with van der Waals surface area (Å²) in [4.78, 5) is 9.75. The van der Waals surface area contributed by atoms with Crippen molar-refractivity contribution in [2.24, 2.45) is 0 Å². The zero-order valence-electron chi connectivity index (χ0n) is 8.16. The van der Waals surface area contributed by atoms with Gasteiger partial charge in [-0.3, -0.25) is 0 Å². The number of nitrogen functional groups attached to an aromatic ring is 1. The molecule has 0 bridgehead atoms. The minimum Gasteiger partial charge on any atom is -0.383 e. The van der Waals surface area contributed by atoms with Gasteiger partial charge in [0, 0.05) is 6.42 Å². The van der Waals surface area contributed by atoms with E-state index in [4.69, 9.17) is 5.73 Å². The molecule has 0 atom stereocenters. The molecule has 4 heteroatoms. The molecule has 0 aliphatic heterocycles. The van der Waals surface area contributed by atoms with E-state index in [0.29, 0.717) is 5.82 Å². The van der Waals surface area contributed by atoms with Crippen LogP contribution in [0, 0.1) is 0 Å². The van der Waals surface area contributed by atoms with E-state index in [2.05, 4.69) is 16.9 Å². The van der Waals surface area contributed by atoms with Gasteiger partial charge < -0.3 is 5.73 Å². The lowest BCUT2D eigenvalue weighted by molar-refractivity contribution is 0.758. The summed E-state index contributed by atoms with van der Waals surface area (Å²) in [7, 11) is 0. The molecule has 0 spiro atoms. The van der Waals surface area contributed by atoms with E-state index in [1.54, 1.807) is 11.3 Å². The van der Waals surface area contributed by atoms with Gasteiger partial charge in [-0.05, 0) is 17.9 Å². The van der Waals surface area contributed by atoms with E-state index in [-0.39, 0.29) is 0 Å². The Morgan fingerprint density at radius 1 is 1.43 bits per heavy atom. The predicted octanol–water partition coefficient (Wildman–Crippen LogP) is 2.62. The Morgan fingerprint density at radius 2 is 2.29 bits per heavy atom. The second-order valence-corrected chi connectivity index (χ2v) is 4.16. The van der Waals surface area contributed by atoms with Gasteiger partial charge in [-0.1, -0.05) is 13.3 Å². The Bertz CT molecular complexity index is 436. The maximum Gasteiger partial charge on any atom is 0.135 e. The number of thiophene rings is 1. The zero-order chi connectivity index (χ0) is 9.97. The summed E-state index contributed by atoms with van der Waals surface area (Å²) in [5, 5.41) is 2.98. The largest absolute Gasteiger partial charge is 0.383 e. The van der Waals surface area contributed by atoms with Crippen LogP contribution in [-0.2, 0) is 6.42 Å². The standard InChI is InChI=1S/C10H13N3S/c1-2-3-4-8-12-9(11)7-5-6-14-10(7)13-8/h5-6H,2-4H2,1H3,(H2,11,12,13). The molecule has 0 radical (unpaired) electrons. The fraction of sp³-hybridized carbons (Fsp3) is 0.400. The highest BCUT2D eigenvalue weighted by atomic mass is 32.1. The normalized spacial score (nSPS) is 10.9. The summed E-state index contributed by atoms with van der Waals surface area (Å²) in [6, 6.07) is 1.97. The topological polar surface area (TPSA) is 51.8 Å². The van der Waals surface area contributed by atoms with Gasteiger partial charge in [0.2, 0.25) is 0 Å². The van der Waals surface area contributed by atoms with E-state index in [1.807, 2.05) is 11.4 Å². The minimum absolute atomic E-state index is 0.613. The van der Waals surface area contributed by atoms with Gasteiger partial charge in [0.05, 0.1) is 5.39 Å². The molecular weight excluding hydrogens is 194 g/mol. The monoisotopic (exact) mass is 207 g/mol. The highest BCUT2D eigenvalue weighted by Crippen LogP contribution is 2.23. The van der Waals surface area contributed by atoms with Crippen LogP contribution >= 0.6 is 11.3 Å². The van der Waals surface area contributed by atoms with Gasteiger partial charge in [-0.2, -0.15) is 0 Å². The van der Waals surface area contributed by atoms with E-state index in [9.17, 15) is 0 Å². The maximum absolute atomic E-state index is 5.83. The van der Waals surface area contributed by atoms with E-state index in [1.165, 1.54) is 0 Å². The number of nitrogens with two attached hydrogens (primary N) is 1. The van der Waals surface area contributed by atoms with Crippen molar-refractivity contribution in [2.45, 2.75) is 26.2 Å². The lowest BCUT2D eigenvalue weighted by Gasteiger charge is -2.00. The number of anilines is 1. The number of rotatable bonds is 3. The number of nitrogens with zero attached hydrogens (tertiary/aromatic N) is 2. The van der Waals surface area contributed by atoms with Crippen LogP contribution in [0.2, 0.25) is 0 Å². The number of fused-ring (bicyclic) bond motifs is 1. The van der Waals surface area contributed by atoms with Crippen molar-refractivity contribution in [2.75, 3.05) is 5.73 Å². The third-order valence-electron chi connectivity index (χ3n) is 2.15. The van der Waals surface area contributed by atoms with Crippen molar-refractivity contribution in [1.29, 1.82) is 0 Å². The molecule has 0 aliphatic carbocycles. The molecule has 0 unspecified atom stereocenters. The SMILES string of the molecule is CCCCc1nc(N)c2ccsc2n1. The molecular formula is C10H13N3S. The van der Waals surface area contributed by atoms with Gasteiger partial charge in [0.25, 0.3) is 0 Å². The number of unbranched alkanes of at least 4 members (excludes halogenated alkanes) is 1. The molecule has 2 heterocycles. The summed E-state index contributed by atoms with van der Waals surface area (Å²) < 4.78 is 0. The van der Waals surface area contributed by atoms with Crippen LogP contribution in [0.25, 0.3) is 10.2 Å². The van der Waals surface area contributed by atoms with Gasteiger partial charge >= 0.3 is 0 Å². The van der Waals surface area contributed by atoms with Crippen molar-refractivity contribution in [3.63, 3.8) is 0 Å². The molecule has 0 fully saturated rings. The predicted molar refractivity (Wildman–Crippen MR) is 60.4 cm³/mol. The maximum atomic E-state index is 5.83. The molecule has 0 amide bonds. The van der Waals surface area contributed by atoms with Crippen LogP contribution in [0.1, 0.15) is 25.6 Å². The Balaban J connectivity index is 2.38. The molecule has 74 valence electrons. The minimum atomic E-state index is 0.613. The Morgan fingerprint density at radius 3 is 3.07 bits per heavy atom. The van der Waals surface area contributed by atoms with Gasteiger partial charge in [-0.15, -0.1) is 11.3 Å². The Kier molecular flexibility index (Phi) is 2.63. The summed E-state index contributed by atoms with van der Waals surface area (Å²) >= 11 is 1.62. The van der Waals surface area contributed by atoms with Crippen LogP contribution in [0.15, 0.2) is 11.4 Å². The van der Waals surface area contributed by atoms with Crippen molar-refractivity contribution in [3.05, 3.63) is 17.3 Å². The molecule has 0 aromatic carbocycles. The zero-order valence-corrected chi connectivity index (χ0v) is 8.97. The highest BCUT2D eigenvalue weighted by Gasteiger charge is 2.05. The second kappa shape index (κ2) is 3.92. The third kappa shape index (κ3) is 1.70. The fourth-order valence-electron chi connectivity index (χ4n) is 1.37. The average Bonchev–Trinajstić information content (AvgIpc) is 2.63. The smallest absolute Gasteiger partial charge is 0.135 e. The van der Waals surface area contributed by atoms with Gasteiger partial charge in [-0.25, -0.2) is 9.97 Å². The summed E-state index contributed by atoms with van der Waals surface area (Å²) in [6.07, 6.45) is 3.20. The van der Waals surface area contributed by atoms with Crippen molar-refractivity contribution in [3.8, 4) is 0 Å². The van der Waals surface area contributed by atoms with E-state index < -0.39 is 0 Å². The van der Waals surface area contributed by atoms with Crippen LogP contribution in [-0.4, -0.2) is 9.97 Å². The molecule has 0 aliphatic rings. The lowest BCUT2D eigenvalue weighted by atomic mass is 10.2. The molecule has 3 nitrogen and oxygen atoms in total. The Labute approximate surface area is 87.0 Å². The second-order valence-electron chi connectivity index (χ2n) is 3.27. The summed E-state index contributed by atoms with van der Waals surface area (Å²) in [5.41, 5.74) is 5.83. The Hall–Kier alpha value is -1.16. The van der Waals surface area contributed by atoms with Crippen molar-refractivity contribution in [1.82, 2.24) is 9.97 Å². The summed E-state index contributed by atoms with van der Waals surface area (Å²) in [5.74, 6) is 1.49. The number of aromatic nitrogens is 2. The molecule has 14 heavy (non-hydrogen) atoms. The number of hydrogen-bond donors (Lipinski definition) is 1. The van der Waals surface area contributed by atoms with E-state index in [0.717, 1.165) is 35.3 Å². The van der Waals surface area contributed by atoms with Crippen LogP contribution in [0.3, 0.4) is 0 Å². The summed E-state index contributed by atoms with van der Waals surface area (Å²) in [6.45, 7) is 2.16. The molecule has 0 saturated heterocycles. The third-order valence-corrected chi connectivity index (χ3v) is 2.96. The van der Waals surface area contributed by atoms with Crippen LogP contribution < -0.4 is 5.73 Å². The molecule has 0 saturated carbocycles. The first-order valence-corrected chi connectivity index (χ1v) is 5.69. The number of hydrogen-bond acceptors (Lipinski definition) is 4.